The molecular formula is C74H62N6O6S4. The van der Waals surface area contributed by atoms with Gasteiger partial charge in [-0.2, -0.15) is 5.10 Å². The zero-order chi connectivity index (χ0) is 61.0. The summed E-state index contributed by atoms with van der Waals surface area (Å²) < 4.78 is 32.1. The van der Waals surface area contributed by atoms with E-state index < -0.39 is 0 Å². The first-order valence-electron chi connectivity index (χ1n) is 28.8. The van der Waals surface area contributed by atoms with Gasteiger partial charge in [0.25, 0.3) is 0 Å². The third-order valence-electron chi connectivity index (χ3n) is 13.6. The second kappa shape index (κ2) is 33.3. The highest BCUT2D eigenvalue weighted by atomic mass is 32.2. The molecular weight excluding hydrogens is 1200 g/mol. The van der Waals surface area contributed by atoms with Crippen LogP contribution in [0, 0.1) is 0 Å². The Kier molecular flexibility index (Phi) is 22.8. The Hall–Kier alpha value is -10.1. The minimum absolute atomic E-state index is 0.360. The number of nitrogens with one attached hydrogen (secondary N) is 3. The van der Waals surface area contributed by atoms with E-state index in [-0.39, 0.29) is 0 Å². The number of thiophene rings is 1. The molecule has 0 saturated carbocycles. The molecule has 16 aromatic rings. The maximum absolute atomic E-state index is 5.30. The zero-order valence-electron chi connectivity index (χ0n) is 48.7. The number of ether oxygens (including phenoxy) is 4. The van der Waals surface area contributed by atoms with Crippen LogP contribution in [0.2, 0.25) is 0 Å². The number of hydrogen-bond acceptors (Lipinski definition) is 13. The summed E-state index contributed by atoms with van der Waals surface area (Å²) in [5.74, 6) is 4.56. The van der Waals surface area contributed by atoms with Gasteiger partial charge in [0.1, 0.15) is 23.0 Å². The number of benzene rings is 10. The minimum Gasteiger partial charge on any atom is -0.493 e. The predicted octanol–water partition coefficient (Wildman–Crippen LogP) is 20.5. The zero-order valence-corrected chi connectivity index (χ0v) is 52.0. The Morgan fingerprint density at radius 3 is 1.73 bits per heavy atom. The fraction of sp³-hybridized carbons (Fsp3) is 0.0676. The van der Waals surface area contributed by atoms with Crippen LogP contribution in [0.15, 0.2) is 321 Å². The molecule has 0 amide bonds. The lowest BCUT2D eigenvalue weighted by atomic mass is 10.2. The smallest absolute Gasteiger partial charge is 0.231 e. The van der Waals surface area contributed by atoms with Gasteiger partial charge in [0.15, 0.2) is 17.1 Å². The van der Waals surface area contributed by atoms with Crippen molar-refractivity contribution in [3.05, 3.63) is 303 Å². The molecule has 0 fully saturated rings. The van der Waals surface area contributed by atoms with Crippen LogP contribution in [-0.2, 0) is 6.42 Å². The number of rotatable bonds is 0. The van der Waals surface area contributed by atoms with Gasteiger partial charge in [-0.05, 0) is 131 Å². The van der Waals surface area contributed by atoms with Gasteiger partial charge in [0, 0.05) is 53.9 Å². The molecule has 90 heavy (non-hydrogen) atoms. The minimum atomic E-state index is 0.360. The van der Waals surface area contributed by atoms with Crippen molar-refractivity contribution in [3.8, 4) is 23.0 Å². The van der Waals surface area contributed by atoms with Crippen molar-refractivity contribution in [1.82, 2.24) is 30.3 Å². The van der Waals surface area contributed by atoms with Crippen molar-refractivity contribution in [2.45, 2.75) is 21.1 Å². The van der Waals surface area contributed by atoms with Crippen molar-refractivity contribution in [2.24, 2.45) is 0 Å². The molecule has 448 valence electrons. The Morgan fingerprint density at radius 1 is 0.411 bits per heavy atom. The van der Waals surface area contributed by atoms with Gasteiger partial charge in [0.2, 0.25) is 6.79 Å². The average Bonchev–Trinajstić information content (AvgIpc) is 4.57. The molecule has 4 aliphatic rings. The molecule has 3 N–H and O–H groups in total. The van der Waals surface area contributed by atoms with E-state index in [1.54, 1.807) is 41.9 Å². The molecule has 10 heterocycles. The Labute approximate surface area is 537 Å². The second-order valence-corrected chi connectivity index (χ2v) is 23.8. The van der Waals surface area contributed by atoms with Crippen LogP contribution in [0.3, 0.4) is 0 Å². The van der Waals surface area contributed by atoms with E-state index in [0.717, 1.165) is 85.8 Å². The summed E-state index contributed by atoms with van der Waals surface area (Å²) >= 11 is 7.39. The van der Waals surface area contributed by atoms with Gasteiger partial charge in [-0.15, -0.1) is 34.9 Å². The number of fused-ring (bicyclic) bond motifs is 10. The highest BCUT2D eigenvalue weighted by molar-refractivity contribution is 8.18. The normalized spacial score (nSPS) is 12.0. The van der Waals surface area contributed by atoms with Crippen molar-refractivity contribution >= 4 is 111 Å². The SMILES string of the molecule is c1ccc2[nH]ccc2c1.c1ccc2[nH]cnc2c1.c1ccc2[nH]ncc2c1.c1ccc2c(c1)CCO2.c1ccc2c(c1)OCO2.c1ccc2c(c1)OCS2.c1ccc2c(c1)SCS2.c1ccc2occc2c1.c1ccc2oncc2c1.c1ccc2sccc2c1. The first-order valence-corrected chi connectivity index (χ1v) is 32.7. The van der Waals surface area contributed by atoms with Crippen LogP contribution in [0.1, 0.15) is 5.56 Å². The van der Waals surface area contributed by atoms with Crippen LogP contribution in [0.25, 0.3) is 64.9 Å². The van der Waals surface area contributed by atoms with Gasteiger partial charge in [0.05, 0.1) is 53.0 Å². The molecule has 12 nitrogen and oxygen atoms in total. The number of hydrogen-bond donors (Lipinski definition) is 3. The second-order valence-electron chi connectivity index (χ2n) is 19.5. The van der Waals surface area contributed by atoms with Crippen molar-refractivity contribution < 1.29 is 27.9 Å². The largest absolute Gasteiger partial charge is 0.493 e. The molecule has 4 aliphatic heterocycles. The summed E-state index contributed by atoms with van der Waals surface area (Å²) in [5, 5.41) is 19.7. The fourth-order valence-corrected chi connectivity index (χ4v) is 13.0. The summed E-state index contributed by atoms with van der Waals surface area (Å²) in [7, 11) is 0. The summed E-state index contributed by atoms with van der Waals surface area (Å²) in [6, 6.07) is 86.9. The van der Waals surface area contributed by atoms with E-state index >= 15 is 0 Å². The van der Waals surface area contributed by atoms with E-state index in [0.29, 0.717) is 6.79 Å². The first kappa shape index (κ1) is 61.5. The molecule has 0 spiro atoms. The summed E-state index contributed by atoms with van der Waals surface area (Å²) in [5.41, 5.74) is 7.57. The molecule has 0 aliphatic carbocycles. The van der Waals surface area contributed by atoms with Crippen molar-refractivity contribution in [1.29, 1.82) is 0 Å². The Morgan fingerprint density at radius 2 is 1.02 bits per heavy atom. The highest BCUT2D eigenvalue weighted by Gasteiger charge is 2.12. The Bertz CT molecular complexity index is 3750. The third kappa shape index (κ3) is 18.0. The average molecular weight is 1260 g/mol. The molecule has 10 aromatic carbocycles. The molecule has 0 saturated heterocycles. The monoisotopic (exact) mass is 1260 g/mol. The van der Waals surface area contributed by atoms with Crippen LogP contribution in [0.4, 0.5) is 0 Å². The molecule has 0 atom stereocenters. The van der Waals surface area contributed by atoms with E-state index in [9.17, 15) is 0 Å². The van der Waals surface area contributed by atoms with E-state index in [1.807, 2.05) is 212 Å². The summed E-state index contributed by atoms with van der Waals surface area (Å²) in [4.78, 5) is 14.3. The van der Waals surface area contributed by atoms with Crippen molar-refractivity contribution in [3.63, 3.8) is 0 Å². The van der Waals surface area contributed by atoms with E-state index in [1.165, 1.54) is 46.3 Å². The number of thioether (sulfide) groups is 3. The van der Waals surface area contributed by atoms with Gasteiger partial charge >= 0.3 is 0 Å². The number of H-pyrrole nitrogens is 3. The number of imidazole rings is 1. The van der Waals surface area contributed by atoms with Crippen LogP contribution in [0.5, 0.6) is 23.0 Å². The topological polar surface area (TPSA) is 149 Å². The number of aromatic nitrogens is 6. The van der Waals surface area contributed by atoms with Gasteiger partial charge < -0.3 is 37.9 Å². The number of nitrogens with zero attached hydrogens (tertiary/aromatic N) is 3. The van der Waals surface area contributed by atoms with Gasteiger partial charge in [-0.1, -0.05) is 169 Å². The van der Waals surface area contributed by atoms with E-state index in [2.05, 4.69) is 121 Å². The van der Waals surface area contributed by atoms with Crippen LogP contribution in [-0.4, -0.2) is 54.7 Å². The summed E-state index contributed by atoms with van der Waals surface area (Å²) in [6.45, 7) is 1.22. The number of furan rings is 1. The number of aromatic amines is 3. The quantitative estimate of drug-likeness (QED) is 0.133. The maximum atomic E-state index is 5.30. The van der Waals surface area contributed by atoms with Gasteiger partial charge in [-0.25, -0.2) is 4.98 Å². The molecule has 20 rings (SSSR count). The summed E-state index contributed by atoms with van der Waals surface area (Å²) in [6.07, 6.45) is 9.95. The number of para-hydroxylation sites is 10. The maximum Gasteiger partial charge on any atom is 0.231 e. The van der Waals surface area contributed by atoms with Gasteiger partial charge in [-0.3, -0.25) is 5.10 Å². The highest BCUT2D eigenvalue weighted by Crippen LogP contribution is 2.41. The molecule has 0 bridgehead atoms. The molecule has 16 heteroatoms. The molecule has 6 aromatic heterocycles. The fourth-order valence-electron chi connectivity index (χ4n) is 9.04. The van der Waals surface area contributed by atoms with Crippen LogP contribution < -0.4 is 18.9 Å². The first-order chi connectivity index (χ1) is 44.7. The predicted molar refractivity (Wildman–Crippen MR) is 372 cm³/mol. The lowest BCUT2D eigenvalue weighted by Crippen LogP contribution is -1.92. The third-order valence-corrected chi connectivity index (χ3v) is 17.7. The van der Waals surface area contributed by atoms with Crippen LogP contribution >= 0.6 is 46.6 Å². The Balaban J connectivity index is 0.000000103. The molecule has 0 radical (unpaired) electrons. The van der Waals surface area contributed by atoms with Crippen molar-refractivity contribution in [2.75, 3.05) is 24.4 Å². The molecule has 0 unspecified atom stereocenters. The lowest BCUT2D eigenvalue weighted by Gasteiger charge is -1.93. The lowest BCUT2D eigenvalue weighted by molar-refractivity contribution is 0.174. The standard InChI is InChI=1S/C8H7N.C8H8O.C8H6O.C8H6S.2C7H6N2.C7H5NO.C7H6O2.C7H6OS.C7H6S2/c4*1-2-4-8-7(3-1)5-6-9-8;1-2-4-7-6(3-1)8-5-9-7;2*1-2-4-7-6(3-1)5-8-9-7;3*1-2-4-7-6(3-1)8-5-9-7/h1-6,9H;1-4H,5-6H2;2*1-6H;2*1-5H,(H,8,9);1-5H;3*1-4H,5H2. The van der Waals surface area contributed by atoms with E-state index in [4.69, 9.17) is 27.9 Å².